The number of para-hydroxylation sites is 1. The van der Waals surface area contributed by atoms with Crippen LogP contribution in [0.15, 0.2) is 60.8 Å². The molecular formula is C26H32N2O. The van der Waals surface area contributed by atoms with Gasteiger partial charge in [0.05, 0.1) is 0 Å². The number of hydrogen-bond donors (Lipinski definition) is 1. The summed E-state index contributed by atoms with van der Waals surface area (Å²) in [5.41, 5.74) is 3.93. The van der Waals surface area contributed by atoms with Crippen LogP contribution in [0.3, 0.4) is 0 Å². The number of benzene rings is 2. The molecule has 0 aliphatic heterocycles. The summed E-state index contributed by atoms with van der Waals surface area (Å²) in [4.78, 5) is 12.4. The number of fused-ring (bicyclic) bond motifs is 1. The lowest BCUT2D eigenvalue weighted by molar-refractivity contribution is -0.121. The zero-order valence-corrected chi connectivity index (χ0v) is 17.3. The van der Waals surface area contributed by atoms with E-state index in [0.29, 0.717) is 12.5 Å². The molecule has 29 heavy (non-hydrogen) atoms. The molecule has 1 aliphatic rings. The highest BCUT2D eigenvalue weighted by Gasteiger charge is 2.15. The van der Waals surface area contributed by atoms with Crippen LogP contribution in [0.2, 0.25) is 0 Å². The highest BCUT2D eigenvalue weighted by molar-refractivity contribution is 5.84. The van der Waals surface area contributed by atoms with E-state index in [9.17, 15) is 4.79 Å². The van der Waals surface area contributed by atoms with Crippen LogP contribution in [0.4, 0.5) is 0 Å². The number of aryl methyl sites for hydroxylation is 1. The second-order valence-corrected chi connectivity index (χ2v) is 8.39. The molecule has 2 aromatic carbocycles. The first kappa shape index (κ1) is 19.8. The van der Waals surface area contributed by atoms with Crippen LogP contribution in [0, 0.1) is 0 Å². The van der Waals surface area contributed by atoms with Crippen molar-refractivity contribution in [2.75, 3.05) is 0 Å². The third kappa shape index (κ3) is 5.29. The number of amides is 1. The van der Waals surface area contributed by atoms with E-state index in [4.69, 9.17) is 0 Å². The molecule has 1 amide bonds. The Labute approximate surface area is 174 Å². The smallest absolute Gasteiger partial charge is 0.220 e. The van der Waals surface area contributed by atoms with Gasteiger partial charge in [-0.05, 0) is 42.9 Å². The van der Waals surface area contributed by atoms with Crippen molar-refractivity contribution in [1.29, 1.82) is 0 Å². The van der Waals surface area contributed by atoms with Crippen molar-refractivity contribution in [2.24, 2.45) is 0 Å². The van der Waals surface area contributed by atoms with Crippen molar-refractivity contribution >= 4 is 16.8 Å². The first-order valence-corrected chi connectivity index (χ1v) is 11.2. The predicted octanol–water partition coefficient (Wildman–Crippen LogP) is 5.85. The van der Waals surface area contributed by atoms with Gasteiger partial charge in [0, 0.05) is 36.1 Å². The highest BCUT2D eigenvalue weighted by Crippen LogP contribution is 2.24. The average molecular weight is 389 g/mol. The first-order valence-electron chi connectivity index (χ1n) is 11.2. The quantitative estimate of drug-likeness (QED) is 0.506. The number of hydrogen-bond acceptors (Lipinski definition) is 1. The summed E-state index contributed by atoms with van der Waals surface area (Å²) in [5, 5.41) is 4.59. The van der Waals surface area contributed by atoms with Crippen molar-refractivity contribution in [3.05, 3.63) is 71.9 Å². The molecule has 1 N–H and O–H groups in total. The lowest BCUT2D eigenvalue weighted by Gasteiger charge is -2.16. The Morgan fingerprint density at radius 2 is 1.66 bits per heavy atom. The van der Waals surface area contributed by atoms with Crippen LogP contribution in [0.5, 0.6) is 0 Å². The summed E-state index contributed by atoms with van der Waals surface area (Å²) in [5.74, 6) is 0.227. The Hall–Kier alpha value is -2.55. The SMILES string of the molecule is O=C(CCCc1cn(Cc2ccccc2)c2ccccc12)NC1CCCCCC1. The minimum absolute atomic E-state index is 0.227. The topological polar surface area (TPSA) is 34.0 Å². The molecule has 3 heteroatoms. The van der Waals surface area contributed by atoms with Gasteiger partial charge in [0.15, 0.2) is 0 Å². The Balaban J connectivity index is 1.37. The molecule has 0 spiro atoms. The van der Waals surface area contributed by atoms with Gasteiger partial charge in [-0.3, -0.25) is 4.79 Å². The number of aromatic nitrogens is 1. The molecule has 1 fully saturated rings. The minimum atomic E-state index is 0.227. The summed E-state index contributed by atoms with van der Waals surface area (Å²) in [6, 6.07) is 19.6. The third-order valence-electron chi connectivity index (χ3n) is 6.14. The Morgan fingerprint density at radius 3 is 2.45 bits per heavy atom. The van der Waals surface area contributed by atoms with E-state index in [2.05, 4.69) is 70.7 Å². The highest BCUT2D eigenvalue weighted by atomic mass is 16.1. The predicted molar refractivity (Wildman–Crippen MR) is 120 cm³/mol. The second kappa shape index (κ2) is 9.78. The summed E-state index contributed by atoms with van der Waals surface area (Å²) in [6.07, 6.45) is 12.2. The van der Waals surface area contributed by atoms with E-state index in [1.807, 2.05) is 0 Å². The van der Waals surface area contributed by atoms with Crippen LogP contribution in [-0.4, -0.2) is 16.5 Å². The molecule has 1 aliphatic carbocycles. The summed E-state index contributed by atoms with van der Waals surface area (Å²) >= 11 is 0. The van der Waals surface area contributed by atoms with Gasteiger partial charge >= 0.3 is 0 Å². The molecule has 3 nitrogen and oxygen atoms in total. The second-order valence-electron chi connectivity index (χ2n) is 8.39. The van der Waals surface area contributed by atoms with Crippen LogP contribution in [0.1, 0.15) is 62.5 Å². The molecule has 1 heterocycles. The van der Waals surface area contributed by atoms with Gasteiger partial charge in [0.2, 0.25) is 5.91 Å². The molecule has 152 valence electrons. The maximum Gasteiger partial charge on any atom is 0.220 e. The molecule has 3 aromatic rings. The number of nitrogens with zero attached hydrogens (tertiary/aromatic N) is 1. The molecule has 0 atom stereocenters. The van der Waals surface area contributed by atoms with Crippen LogP contribution < -0.4 is 5.32 Å². The third-order valence-corrected chi connectivity index (χ3v) is 6.14. The van der Waals surface area contributed by atoms with Crippen molar-refractivity contribution in [2.45, 2.75) is 70.4 Å². The van der Waals surface area contributed by atoms with Crippen LogP contribution in [-0.2, 0) is 17.8 Å². The minimum Gasteiger partial charge on any atom is -0.353 e. The fourth-order valence-electron chi connectivity index (χ4n) is 4.60. The maximum absolute atomic E-state index is 12.4. The lowest BCUT2D eigenvalue weighted by atomic mass is 10.1. The van der Waals surface area contributed by atoms with E-state index < -0.39 is 0 Å². The number of rotatable bonds is 7. The van der Waals surface area contributed by atoms with Crippen molar-refractivity contribution < 1.29 is 4.79 Å². The lowest BCUT2D eigenvalue weighted by Crippen LogP contribution is -2.34. The van der Waals surface area contributed by atoms with Crippen LogP contribution in [0.25, 0.3) is 10.9 Å². The standard InChI is InChI=1S/C26H32N2O/c29-26(27-23-14-6-1-2-7-15-23)18-10-13-22-20-28(19-21-11-4-3-5-12-21)25-17-9-8-16-24(22)25/h3-5,8-9,11-12,16-17,20,23H,1-2,6-7,10,13-15,18-19H2,(H,27,29). The fraction of sp³-hybridized carbons (Fsp3) is 0.423. The normalized spacial score (nSPS) is 15.3. The van der Waals surface area contributed by atoms with Gasteiger partial charge in [0.1, 0.15) is 0 Å². The van der Waals surface area contributed by atoms with Gasteiger partial charge in [-0.1, -0.05) is 74.2 Å². The molecule has 0 saturated heterocycles. The molecule has 0 radical (unpaired) electrons. The molecule has 1 aromatic heterocycles. The van der Waals surface area contributed by atoms with Gasteiger partial charge in [-0.25, -0.2) is 0 Å². The molecule has 0 unspecified atom stereocenters. The summed E-state index contributed by atoms with van der Waals surface area (Å²) in [7, 11) is 0. The van der Waals surface area contributed by atoms with E-state index in [-0.39, 0.29) is 5.91 Å². The molecule has 1 saturated carbocycles. The number of nitrogens with one attached hydrogen (secondary N) is 1. The van der Waals surface area contributed by atoms with E-state index in [1.165, 1.54) is 47.7 Å². The van der Waals surface area contributed by atoms with Crippen molar-refractivity contribution in [1.82, 2.24) is 9.88 Å². The van der Waals surface area contributed by atoms with Gasteiger partial charge in [-0.15, -0.1) is 0 Å². The Kier molecular flexibility index (Phi) is 6.66. The van der Waals surface area contributed by atoms with Crippen molar-refractivity contribution in [3.8, 4) is 0 Å². The zero-order chi connectivity index (χ0) is 19.9. The molecular weight excluding hydrogens is 356 g/mol. The molecule has 0 bridgehead atoms. The molecule has 4 rings (SSSR count). The Bertz CT molecular complexity index is 920. The number of carbonyl (C=O) groups excluding carboxylic acids is 1. The van der Waals surface area contributed by atoms with Gasteiger partial charge < -0.3 is 9.88 Å². The van der Waals surface area contributed by atoms with Crippen LogP contribution >= 0.6 is 0 Å². The first-order chi connectivity index (χ1) is 14.3. The van der Waals surface area contributed by atoms with Crippen molar-refractivity contribution in [3.63, 3.8) is 0 Å². The largest absolute Gasteiger partial charge is 0.353 e. The number of carbonyl (C=O) groups is 1. The maximum atomic E-state index is 12.4. The summed E-state index contributed by atoms with van der Waals surface area (Å²) < 4.78 is 2.34. The Morgan fingerprint density at radius 1 is 0.931 bits per heavy atom. The monoisotopic (exact) mass is 388 g/mol. The van der Waals surface area contributed by atoms with E-state index >= 15 is 0 Å². The van der Waals surface area contributed by atoms with E-state index in [1.54, 1.807) is 0 Å². The zero-order valence-electron chi connectivity index (χ0n) is 17.3. The summed E-state index contributed by atoms with van der Waals surface area (Å²) in [6.45, 7) is 0.878. The fourth-order valence-corrected chi connectivity index (χ4v) is 4.60. The van der Waals surface area contributed by atoms with Gasteiger partial charge in [0.25, 0.3) is 0 Å². The van der Waals surface area contributed by atoms with E-state index in [0.717, 1.165) is 32.2 Å². The average Bonchev–Trinajstić information content (AvgIpc) is 2.90. The van der Waals surface area contributed by atoms with Gasteiger partial charge in [-0.2, -0.15) is 0 Å².